The largest absolute Gasteiger partial charge is 0.309 e. The van der Waals surface area contributed by atoms with Gasteiger partial charge in [0.05, 0.1) is 0 Å². The fourth-order valence-corrected chi connectivity index (χ4v) is 4.33. The molecule has 0 amide bonds. The van der Waals surface area contributed by atoms with E-state index < -0.39 is 0 Å². The first kappa shape index (κ1) is 14.5. The number of nitrogens with one attached hydrogen (secondary N) is 1. The van der Waals surface area contributed by atoms with Crippen LogP contribution in [-0.2, 0) is 6.54 Å². The maximum Gasteiger partial charge on any atom is 0.0327 e. The predicted octanol–water partition coefficient (Wildman–Crippen LogP) is 5.21. The highest BCUT2D eigenvalue weighted by atomic mass is 79.9. The molecule has 0 bridgehead atoms. The number of thiophene rings is 1. The van der Waals surface area contributed by atoms with E-state index in [1.165, 1.54) is 41.5 Å². The SMILES string of the molecule is CC(C)C1CCCC(NCc2sccc2Br)CC1. The summed E-state index contributed by atoms with van der Waals surface area (Å²) in [6, 6.07) is 2.87. The van der Waals surface area contributed by atoms with Crippen molar-refractivity contribution in [3.05, 3.63) is 20.8 Å². The molecule has 102 valence electrons. The van der Waals surface area contributed by atoms with Crippen LogP contribution in [0.25, 0.3) is 0 Å². The van der Waals surface area contributed by atoms with Gasteiger partial charge in [0.25, 0.3) is 0 Å². The number of hydrogen-bond acceptors (Lipinski definition) is 2. The van der Waals surface area contributed by atoms with Crippen molar-refractivity contribution in [2.24, 2.45) is 11.8 Å². The van der Waals surface area contributed by atoms with Crippen molar-refractivity contribution < 1.29 is 0 Å². The number of rotatable bonds is 4. The van der Waals surface area contributed by atoms with Crippen LogP contribution in [0.2, 0.25) is 0 Å². The Labute approximate surface area is 123 Å². The van der Waals surface area contributed by atoms with Crippen LogP contribution in [0.3, 0.4) is 0 Å². The first-order chi connectivity index (χ1) is 8.66. The van der Waals surface area contributed by atoms with Crippen LogP contribution >= 0.6 is 27.3 Å². The third-order valence-electron chi connectivity index (χ3n) is 4.20. The normalized spacial score (nSPS) is 25.3. The highest BCUT2D eigenvalue weighted by Crippen LogP contribution is 2.29. The summed E-state index contributed by atoms with van der Waals surface area (Å²) in [5.74, 6) is 1.81. The van der Waals surface area contributed by atoms with Crippen molar-refractivity contribution in [1.82, 2.24) is 5.32 Å². The average Bonchev–Trinajstić information content (AvgIpc) is 2.62. The molecule has 1 N–H and O–H groups in total. The number of hydrogen-bond donors (Lipinski definition) is 1. The molecule has 1 heterocycles. The topological polar surface area (TPSA) is 12.0 Å². The molecule has 1 nitrogen and oxygen atoms in total. The van der Waals surface area contributed by atoms with E-state index in [4.69, 9.17) is 0 Å². The van der Waals surface area contributed by atoms with Gasteiger partial charge in [-0.2, -0.15) is 0 Å². The van der Waals surface area contributed by atoms with Gasteiger partial charge in [-0.15, -0.1) is 11.3 Å². The van der Waals surface area contributed by atoms with Gasteiger partial charge in [0.2, 0.25) is 0 Å². The minimum absolute atomic E-state index is 0.725. The molecule has 2 unspecified atom stereocenters. The second kappa shape index (κ2) is 7.06. The quantitative estimate of drug-likeness (QED) is 0.748. The van der Waals surface area contributed by atoms with Crippen LogP contribution in [-0.4, -0.2) is 6.04 Å². The van der Waals surface area contributed by atoms with Crippen LogP contribution in [0.4, 0.5) is 0 Å². The van der Waals surface area contributed by atoms with Crippen LogP contribution in [0.15, 0.2) is 15.9 Å². The predicted molar refractivity (Wildman–Crippen MR) is 84.1 cm³/mol. The Kier molecular flexibility index (Phi) is 5.71. The maximum absolute atomic E-state index is 3.74. The number of halogens is 1. The van der Waals surface area contributed by atoms with Gasteiger partial charge in [-0.25, -0.2) is 0 Å². The molecular weight excluding hydrogens is 306 g/mol. The monoisotopic (exact) mass is 329 g/mol. The summed E-state index contributed by atoms with van der Waals surface area (Å²) in [5, 5.41) is 5.90. The van der Waals surface area contributed by atoms with E-state index in [1.807, 2.05) is 11.3 Å². The van der Waals surface area contributed by atoms with Crippen LogP contribution in [0, 0.1) is 11.8 Å². The van der Waals surface area contributed by atoms with Crippen molar-refractivity contribution in [3.8, 4) is 0 Å². The third-order valence-corrected chi connectivity index (χ3v) is 6.12. The summed E-state index contributed by atoms with van der Waals surface area (Å²) in [7, 11) is 0. The summed E-state index contributed by atoms with van der Waals surface area (Å²) in [6.07, 6.45) is 6.93. The summed E-state index contributed by atoms with van der Waals surface area (Å²) >= 11 is 5.45. The summed E-state index contributed by atoms with van der Waals surface area (Å²) < 4.78 is 1.26. The Morgan fingerprint density at radius 2 is 2.17 bits per heavy atom. The second-order valence-corrected chi connectivity index (χ2v) is 7.64. The second-order valence-electron chi connectivity index (χ2n) is 5.78. The van der Waals surface area contributed by atoms with E-state index in [0.29, 0.717) is 0 Å². The Hall–Kier alpha value is 0.140. The fourth-order valence-electron chi connectivity index (χ4n) is 2.89. The minimum Gasteiger partial charge on any atom is -0.309 e. The highest BCUT2D eigenvalue weighted by Gasteiger charge is 2.20. The zero-order valence-corrected chi connectivity index (χ0v) is 13.8. The lowest BCUT2D eigenvalue weighted by atomic mass is 9.89. The van der Waals surface area contributed by atoms with Gasteiger partial charge in [0.1, 0.15) is 0 Å². The van der Waals surface area contributed by atoms with Gasteiger partial charge in [0, 0.05) is 21.9 Å². The molecule has 0 radical (unpaired) electrons. The molecule has 18 heavy (non-hydrogen) atoms. The van der Waals surface area contributed by atoms with E-state index in [1.54, 1.807) is 0 Å². The van der Waals surface area contributed by atoms with Gasteiger partial charge in [-0.1, -0.05) is 26.7 Å². The smallest absolute Gasteiger partial charge is 0.0327 e. The molecule has 1 aromatic rings. The molecule has 1 aliphatic carbocycles. The lowest BCUT2D eigenvalue weighted by Crippen LogP contribution is -2.27. The lowest BCUT2D eigenvalue weighted by molar-refractivity contribution is 0.338. The van der Waals surface area contributed by atoms with E-state index >= 15 is 0 Å². The van der Waals surface area contributed by atoms with E-state index in [9.17, 15) is 0 Å². The van der Waals surface area contributed by atoms with Gasteiger partial charge in [-0.3, -0.25) is 0 Å². The fraction of sp³-hybridized carbons (Fsp3) is 0.733. The van der Waals surface area contributed by atoms with Crippen molar-refractivity contribution in [2.75, 3.05) is 0 Å². The standard InChI is InChI=1S/C15H24BrNS/c1-11(2)12-4-3-5-13(7-6-12)17-10-15-14(16)8-9-18-15/h8-9,11-13,17H,3-7,10H2,1-2H3. The van der Waals surface area contributed by atoms with Gasteiger partial charge < -0.3 is 5.32 Å². The van der Waals surface area contributed by atoms with Crippen LogP contribution in [0.1, 0.15) is 50.8 Å². The molecule has 0 aliphatic heterocycles. The summed E-state index contributed by atoms with van der Waals surface area (Å²) in [6.45, 7) is 5.78. The first-order valence-corrected chi connectivity index (χ1v) is 8.79. The average molecular weight is 330 g/mol. The first-order valence-electron chi connectivity index (χ1n) is 7.12. The molecular formula is C15H24BrNS. The van der Waals surface area contributed by atoms with Crippen LogP contribution < -0.4 is 5.32 Å². The van der Waals surface area contributed by atoms with E-state index in [-0.39, 0.29) is 0 Å². The lowest BCUT2D eigenvalue weighted by Gasteiger charge is -2.19. The summed E-state index contributed by atoms with van der Waals surface area (Å²) in [5.41, 5.74) is 0. The zero-order valence-electron chi connectivity index (χ0n) is 11.4. The summed E-state index contributed by atoms with van der Waals surface area (Å²) in [4.78, 5) is 1.43. The Morgan fingerprint density at radius 3 is 2.83 bits per heavy atom. The molecule has 1 fully saturated rings. The molecule has 2 rings (SSSR count). The molecule has 3 heteroatoms. The third kappa shape index (κ3) is 4.07. The Morgan fingerprint density at radius 1 is 1.33 bits per heavy atom. The molecule has 2 atom stereocenters. The minimum atomic E-state index is 0.725. The molecule has 0 aromatic carbocycles. The van der Waals surface area contributed by atoms with Crippen molar-refractivity contribution in [1.29, 1.82) is 0 Å². The van der Waals surface area contributed by atoms with Crippen LogP contribution in [0.5, 0.6) is 0 Å². The van der Waals surface area contributed by atoms with Crippen molar-refractivity contribution in [3.63, 3.8) is 0 Å². The van der Waals surface area contributed by atoms with E-state index in [0.717, 1.165) is 24.4 Å². The Balaban J connectivity index is 1.79. The van der Waals surface area contributed by atoms with Gasteiger partial charge in [-0.05, 0) is 58.5 Å². The molecule has 1 saturated carbocycles. The molecule has 0 spiro atoms. The molecule has 1 aromatic heterocycles. The van der Waals surface area contributed by atoms with E-state index in [2.05, 4.69) is 46.5 Å². The van der Waals surface area contributed by atoms with Gasteiger partial charge in [0.15, 0.2) is 0 Å². The van der Waals surface area contributed by atoms with Gasteiger partial charge >= 0.3 is 0 Å². The Bertz CT molecular complexity index is 361. The molecule has 0 saturated heterocycles. The maximum atomic E-state index is 3.74. The van der Waals surface area contributed by atoms with Crippen molar-refractivity contribution in [2.45, 2.75) is 58.5 Å². The van der Waals surface area contributed by atoms with Crippen molar-refractivity contribution >= 4 is 27.3 Å². The highest BCUT2D eigenvalue weighted by molar-refractivity contribution is 9.10. The molecule has 1 aliphatic rings. The zero-order chi connectivity index (χ0) is 13.0.